The van der Waals surface area contributed by atoms with Crippen LogP contribution in [-0.2, 0) is 4.79 Å². The molecule has 7 nitrogen and oxygen atoms in total. The molecule has 0 aliphatic rings. The molecule has 3 rings (SSSR count). The first-order valence-electron chi connectivity index (χ1n) is 9.96. The maximum Gasteiger partial charge on any atom is 0.251 e. The van der Waals surface area contributed by atoms with Crippen molar-refractivity contribution in [3.63, 3.8) is 0 Å². The van der Waals surface area contributed by atoms with Gasteiger partial charge >= 0.3 is 0 Å². The van der Waals surface area contributed by atoms with Gasteiger partial charge in [0.2, 0.25) is 5.91 Å². The van der Waals surface area contributed by atoms with Crippen molar-refractivity contribution < 1.29 is 9.59 Å². The normalized spacial score (nSPS) is 10.3. The number of thioether (sulfide) groups is 1. The molecule has 158 valence electrons. The van der Waals surface area contributed by atoms with Crippen LogP contribution in [0.4, 0.5) is 5.69 Å². The van der Waals surface area contributed by atoms with Crippen molar-refractivity contribution in [3.05, 3.63) is 72.1 Å². The van der Waals surface area contributed by atoms with Crippen LogP contribution in [0.3, 0.4) is 0 Å². The summed E-state index contributed by atoms with van der Waals surface area (Å²) in [7, 11) is 0. The highest BCUT2D eigenvalue weighted by Gasteiger charge is 2.12. The van der Waals surface area contributed by atoms with Crippen LogP contribution in [0.1, 0.15) is 35.7 Å². The van der Waals surface area contributed by atoms with E-state index in [1.54, 1.807) is 42.6 Å². The first-order valence-corrected chi connectivity index (χ1v) is 10.9. The molecule has 0 bridgehead atoms. The second kappa shape index (κ2) is 11.0. The van der Waals surface area contributed by atoms with E-state index in [1.165, 1.54) is 11.8 Å². The molecule has 1 aromatic heterocycles. The Morgan fingerprint density at radius 1 is 1.16 bits per heavy atom. The molecule has 0 fully saturated rings. The number of hydrogen-bond donors (Lipinski definition) is 2. The largest absolute Gasteiger partial charge is 0.352 e. The highest BCUT2D eigenvalue weighted by molar-refractivity contribution is 7.99. The topological polar surface area (TPSA) is 99.8 Å². The number of nitrogens with one attached hydrogen (secondary N) is 2. The van der Waals surface area contributed by atoms with Crippen LogP contribution in [0.15, 0.2) is 66.1 Å². The van der Waals surface area contributed by atoms with Crippen molar-refractivity contribution in [2.24, 2.45) is 0 Å². The monoisotopic (exact) mass is 433 g/mol. The van der Waals surface area contributed by atoms with Crippen molar-refractivity contribution in [3.8, 4) is 11.8 Å². The molecule has 0 saturated carbocycles. The van der Waals surface area contributed by atoms with E-state index < -0.39 is 0 Å². The molecule has 31 heavy (non-hydrogen) atoms. The van der Waals surface area contributed by atoms with E-state index in [4.69, 9.17) is 5.26 Å². The second-order valence-corrected chi connectivity index (χ2v) is 7.67. The van der Waals surface area contributed by atoms with Crippen LogP contribution in [0.5, 0.6) is 0 Å². The molecule has 1 heterocycles. The number of nitrogens with zero attached hydrogens (tertiary/aromatic N) is 3. The molecule has 0 atom stereocenters. The van der Waals surface area contributed by atoms with Crippen molar-refractivity contribution in [1.82, 2.24) is 14.9 Å². The number of aromatic nitrogens is 2. The van der Waals surface area contributed by atoms with Gasteiger partial charge in [0.1, 0.15) is 6.07 Å². The summed E-state index contributed by atoms with van der Waals surface area (Å²) in [6.07, 6.45) is 5.45. The van der Waals surface area contributed by atoms with E-state index in [9.17, 15) is 9.59 Å². The number of amides is 2. The maximum atomic E-state index is 12.3. The van der Waals surface area contributed by atoms with E-state index in [-0.39, 0.29) is 17.6 Å². The first kappa shape index (κ1) is 22.1. The summed E-state index contributed by atoms with van der Waals surface area (Å²) in [5.41, 5.74) is 2.36. The van der Waals surface area contributed by atoms with Crippen molar-refractivity contribution in [1.29, 1.82) is 5.26 Å². The zero-order valence-corrected chi connectivity index (χ0v) is 18.0. The number of anilines is 1. The predicted octanol–water partition coefficient (Wildman–Crippen LogP) is 4.00. The third-order valence-corrected chi connectivity index (χ3v) is 5.45. The molecule has 3 aromatic rings. The van der Waals surface area contributed by atoms with E-state index in [2.05, 4.69) is 28.6 Å². The summed E-state index contributed by atoms with van der Waals surface area (Å²) in [6.45, 7) is 2.75. The Bertz CT molecular complexity index is 1090. The lowest BCUT2D eigenvalue weighted by Crippen LogP contribution is -2.24. The van der Waals surface area contributed by atoms with E-state index in [0.717, 1.165) is 18.5 Å². The minimum absolute atomic E-state index is 0.0884. The second-order valence-electron chi connectivity index (χ2n) is 6.73. The predicted molar refractivity (Wildman–Crippen MR) is 121 cm³/mol. The van der Waals surface area contributed by atoms with E-state index >= 15 is 0 Å². The zero-order valence-electron chi connectivity index (χ0n) is 17.2. The Morgan fingerprint density at radius 3 is 2.68 bits per heavy atom. The smallest absolute Gasteiger partial charge is 0.251 e. The fraction of sp³-hybridized carbons (Fsp3) is 0.217. The van der Waals surface area contributed by atoms with Crippen molar-refractivity contribution in [2.75, 3.05) is 17.6 Å². The minimum Gasteiger partial charge on any atom is -0.352 e. The molecule has 0 aliphatic heterocycles. The number of imidazole rings is 1. The van der Waals surface area contributed by atoms with Crippen LogP contribution < -0.4 is 10.6 Å². The molecular weight excluding hydrogens is 410 g/mol. The van der Waals surface area contributed by atoms with E-state index in [1.807, 2.05) is 22.9 Å². The Hall–Kier alpha value is -3.57. The van der Waals surface area contributed by atoms with Gasteiger partial charge in [0.15, 0.2) is 5.16 Å². The fourth-order valence-corrected chi connectivity index (χ4v) is 3.63. The molecular formula is C23H23N5O2S. The molecule has 2 N–H and O–H groups in total. The van der Waals surface area contributed by atoms with Crippen molar-refractivity contribution >= 4 is 29.3 Å². The highest BCUT2D eigenvalue weighted by Crippen LogP contribution is 2.22. The highest BCUT2D eigenvalue weighted by atomic mass is 32.2. The molecule has 2 aromatic carbocycles. The number of hydrogen-bond acceptors (Lipinski definition) is 5. The number of nitriles is 1. The number of benzene rings is 2. The van der Waals surface area contributed by atoms with Crippen LogP contribution in [0.25, 0.3) is 5.69 Å². The number of rotatable bonds is 9. The van der Waals surface area contributed by atoms with Gasteiger partial charge in [0.05, 0.1) is 17.0 Å². The molecule has 8 heteroatoms. The summed E-state index contributed by atoms with van der Waals surface area (Å²) < 4.78 is 1.86. The standard InChI is InChI=1S/C23H23N5O2S/c1-2-3-12-25-22(30)17-8-10-19(11-9-17)28-14-13-26-23(28)31-16-21(29)27-20-7-5-4-6-18(20)15-24/h4-11,13-14H,2-3,12,16H2,1H3,(H,25,30)(H,27,29). The van der Waals surface area contributed by atoms with Gasteiger partial charge in [0, 0.05) is 30.2 Å². The number of carbonyl (C=O) groups excluding carboxylic acids is 2. The number of carbonyl (C=O) groups is 2. The van der Waals surface area contributed by atoms with E-state index in [0.29, 0.717) is 28.5 Å². The molecule has 0 radical (unpaired) electrons. The Kier molecular flexibility index (Phi) is 7.85. The van der Waals surface area contributed by atoms with Gasteiger partial charge in [0.25, 0.3) is 5.91 Å². The van der Waals surface area contributed by atoms with Gasteiger partial charge in [-0.15, -0.1) is 0 Å². The summed E-state index contributed by atoms with van der Waals surface area (Å²) in [5.74, 6) is -0.162. The van der Waals surface area contributed by atoms with Gasteiger partial charge in [-0.25, -0.2) is 4.98 Å². The third kappa shape index (κ3) is 5.96. The minimum atomic E-state index is -0.221. The average molecular weight is 434 g/mol. The summed E-state index contributed by atoms with van der Waals surface area (Å²) in [5, 5.41) is 15.5. The summed E-state index contributed by atoms with van der Waals surface area (Å²) >= 11 is 1.29. The number of para-hydroxylation sites is 1. The molecule has 0 spiro atoms. The molecule has 0 saturated heterocycles. The molecule has 0 aliphatic carbocycles. The van der Waals surface area contributed by atoms with Crippen LogP contribution >= 0.6 is 11.8 Å². The van der Waals surface area contributed by atoms with Crippen LogP contribution in [0, 0.1) is 11.3 Å². The first-order chi connectivity index (χ1) is 15.1. The van der Waals surface area contributed by atoms with Gasteiger partial charge in [-0.3, -0.25) is 14.2 Å². The summed E-state index contributed by atoms with van der Waals surface area (Å²) in [4.78, 5) is 28.8. The van der Waals surface area contributed by atoms with Gasteiger partial charge < -0.3 is 10.6 Å². The lowest BCUT2D eigenvalue weighted by atomic mass is 10.2. The SMILES string of the molecule is CCCCNC(=O)c1ccc(-n2ccnc2SCC(=O)Nc2ccccc2C#N)cc1. The van der Waals surface area contributed by atoms with Gasteiger partial charge in [-0.1, -0.05) is 37.2 Å². The maximum absolute atomic E-state index is 12.3. The van der Waals surface area contributed by atoms with Crippen LogP contribution in [0.2, 0.25) is 0 Å². The van der Waals surface area contributed by atoms with Crippen LogP contribution in [-0.4, -0.2) is 33.7 Å². The molecule has 0 unspecified atom stereocenters. The fourth-order valence-electron chi connectivity index (χ4n) is 2.85. The lowest BCUT2D eigenvalue weighted by Gasteiger charge is -2.10. The quantitative estimate of drug-likeness (QED) is 0.392. The Balaban J connectivity index is 1.61. The Morgan fingerprint density at radius 2 is 1.94 bits per heavy atom. The zero-order chi connectivity index (χ0) is 22.1. The molecule has 2 amide bonds. The van der Waals surface area contributed by atoms with Gasteiger partial charge in [-0.05, 0) is 42.8 Å². The number of unbranched alkanes of at least 4 members (excludes halogenated alkanes) is 1. The average Bonchev–Trinajstić information content (AvgIpc) is 3.27. The Labute approximate surface area is 185 Å². The van der Waals surface area contributed by atoms with Crippen molar-refractivity contribution in [2.45, 2.75) is 24.9 Å². The third-order valence-electron chi connectivity index (χ3n) is 4.48. The lowest BCUT2D eigenvalue weighted by molar-refractivity contribution is -0.113. The summed E-state index contributed by atoms with van der Waals surface area (Å²) in [6, 6.07) is 16.2. The van der Waals surface area contributed by atoms with Gasteiger partial charge in [-0.2, -0.15) is 5.26 Å².